The molecule has 0 saturated heterocycles. The molecule has 0 aliphatic heterocycles. The van der Waals surface area contributed by atoms with Crippen LogP contribution in [0.5, 0.6) is 0 Å². The maximum atomic E-state index is 6.25. The van der Waals surface area contributed by atoms with Gasteiger partial charge in [0.15, 0.2) is 0 Å². The number of quaternary nitrogens is 1. The van der Waals surface area contributed by atoms with E-state index < -0.39 is 0 Å². The molecule has 0 aliphatic rings. The van der Waals surface area contributed by atoms with Gasteiger partial charge in [-0.15, -0.1) is 0 Å². The zero-order chi connectivity index (χ0) is 17.0. The van der Waals surface area contributed by atoms with Crippen LogP contribution in [0.2, 0.25) is 0 Å². The minimum Gasteiger partial charge on any atom is -0.512 e. The summed E-state index contributed by atoms with van der Waals surface area (Å²) < 4.78 is 1.42. The molecule has 0 spiro atoms. The summed E-state index contributed by atoms with van der Waals surface area (Å²) in [4.78, 5) is 0. The quantitative estimate of drug-likeness (QED) is 0.214. The SMILES string of the molecule is CCCC[N+](CCCC)(CCCC)CCCC.[Au+].[C-]#N.[C-]#N. The predicted octanol–water partition coefficient (Wildman–Crippen LogP) is 5.19. The molecule has 0 bridgehead atoms. The van der Waals surface area contributed by atoms with Gasteiger partial charge in [-0.3, -0.25) is 0 Å². The van der Waals surface area contributed by atoms with Crippen molar-refractivity contribution in [1.29, 1.82) is 10.5 Å². The third kappa shape index (κ3) is 17.7. The monoisotopic (exact) mass is 491 g/mol. The molecule has 0 aromatic carbocycles. The summed E-state index contributed by atoms with van der Waals surface area (Å²) in [5.41, 5.74) is 0. The third-order valence-corrected chi connectivity index (χ3v) is 3.94. The van der Waals surface area contributed by atoms with Crippen LogP contribution in [0.4, 0.5) is 0 Å². The van der Waals surface area contributed by atoms with Gasteiger partial charge in [-0.2, -0.15) is 0 Å². The smallest absolute Gasteiger partial charge is 0.512 e. The Morgan fingerprint density at radius 2 is 0.727 bits per heavy atom. The van der Waals surface area contributed by atoms with E-state index in [1.54, 1.807) is 0 Å². The Morgan fingerprint density at radius 3 is 0.864 bits per heavy atom. The van der Waals surface area contributed by atoms with E-state index in [9.17, 15) is 0 Å². The van der Waals surface area contributed by atoms with Crippen LogP contribution in [0.15, 0.2) is 0 Å². The Morgan fingerprint density at radius 1 is 0.545 bits per heavy atom. The summed E-state index contributed by atoms with van der Waals surface area (Å²) in [6, 6.07) is 0. The topological polar surface area (TPSA) is 47.6 Å². The summed E-state index contributed by atoms with van der Waals surface area (Å²) in [5.74, 6) is 0. The van der Waals surface area contributed by atoms with E-state index in [1.165, 1.54) is 82.0 Å². The van der Waals surface area contributed by atoms with Crippen molar-refractivity contribution in [3.63, 3.8) is 0 Å². The van der Waals surface area contributed by atoms with Gasteiger partial charge in [0, 0.05) is 0 Å². The van der Waals surface area contributed by atoms with Crippen LogP contribution in [-0.4, -0.2) is 30.7 Å². The van der Waals surface area contributed by atoms with E-state index in [2.05, 4.69) is 27.7 Å². The average Bonchev–Trinajstić information content (AvgIpc) is 2.57. The van der Waals surface area contributed by atoms with Crippen LogP contribution >= 0.6 is 0 Å². The molecular formula is C18H36AuN3. The fourth-order valence-electron chi connectivity index (χ4n) is 2.64. The van der Waals surface area contributed by atoms with E-state index in [4.69, 9.17) is 23.7 Å². The largest absolute Gasteiger partial charge is 1.00 e. The van der Waals surface area contributed by atoms with Gasteiger partial charge in [0.05, 0.1) is 26.2 Å². The van der Waals surface area contributed by atoms with Gasteiger partial charge in [0.25, 0.3) is 0 Å². The summed E-state index contributed by atoms with van der Waals surface area (Å²) >= 11 is 0. The second kappa shape index (κ2) is 25.6. The number of nitrogens with zero attached hydrogens (tertiary/aromatic N) is 3. The number of hydrogen-bond acceptors (Lipinski definition) is 2. The van der Waals surface area contributed by atoms with Gasteiger partial charge in [-0.05, 0) is 25.7 Å². The molecule has 3 nitrogen and oxygen atoms in total. The molecule has 22 heavy (non-hydrogen) atoms. The van der Waals surface area contributed by atoms with E-state index in [0.717, 1.165) is 0 Å². The van der Waals surface area contributed by atoms with Crippen molar-refractivity contribution >= 4 is 0 Å². The summed E-state index contributed by atoms with van der Waals surface area (Å²) in [7, 11) is 0. The van der Waals surface area contributed by atoms with E-state index >= 15 is 0 Å². The maximum Gasteiger partial charge on any atom is 1.00 e. The molecule has 0 heterocycles. The van der Waals surface area contributed by atoms with Crippen LogP contribution < -0.4 is 0 Å². The molecule has 0 N–H and O–H groups in total. The standard InChI is InChI=1S/C16H36N.2CN.Au/c1-5-9-13-17(14-10-6-2,15-11-7-3)16-12-8-4;2*1-2;/h5-16H2,1-4H3;;;/q+1;2*-1;+1. The van der Waals surface area contributed by atoms with Crippen LogP contribution in [0.1, 0.15) is 79.1 Å². The molecule has 0 aromatic heterocycles. The van der Waals surface area contributed by atoms with Crippen molar-refractivity contribution in [2.75, 3.05) is 26.2 Å². The first-order valence-electron chi connectivity index (χ1n) is 8.54. The zero-order valence-corrected chi connectivity index (χ0v) is 17.3. The first-order valence-corrected chi connectivity index (χ1v) is 8.54. The van der Waals surface area contributed by atoms with Gasteiger partial charge in [0.2, 0.25) is 0 Å². The molecular weight excluding hydrogens is 455 g/mol. The summed E-state index contributed by atoms with van der Waals surface area (Å²) in [5, 5.41) is 12.5. The second-order valence-electron chi connectivity index (χ2n) is 5.65. The Hall–Kier alpha value is -0.320. The fraction of sp³-hybridized carbons (Fsp3) is 0.889. The maximum absolute atomic E-state index is 6.25. The van der Waals surface area contributed by atoms with Crippen molar-refractivity contribution in [3.8, 4) is 0 Å². The van der Waals surface area contributed by atoms with Crippen molar-refractivity contribution in [3.05, 3.63) is 13.1 Å². The van der Waals surface area contributed by atoms with Gasteiger partial charge in [0.1, 0.15) is 0 Å². The van der Waals surface area contributed by atoms with Gasteiger partial charge >= 0.3 is 22.4 Å². The fourth-order valence-corrected chi connectivity index (χ4v) is 2.64. The Balaban J connectivity index is -0.000000297. The van der Waals surface area contributed by atoms with Gasteiger partial charge in [-0.1, -0.05) is 53.4 Å². The van der Waals surface area contributed by atoms with E-state index in [1.807, 2.05) is 0 Å². The third-order valence-electron chi connectivity index (χ3n) is 3.94. The predicted molar refractivity (Wildman–Crippen MR) is 89.3 cm³/mol. The molecule has 0 amide bonds. The van der Waals surface area contributed by atoms with Crippen LogP contribution in [0.25, 0.3) is 0 Å². The Kier molecular flexibility index (Phi) is 34.5. The Bertz CT molecular complexity index is 183. The van der Waals surface area contributed by atoms with Gasteiger partial charge < -0.3 is 28.2 Å². The first-order chi connectivity index (χ1) is 10.2. The van der Waals surface area contributed by atoms with Crippen molar-refractivity contribution in [2.24, 2.45) is 0 Å². The average molecular weight is 491 g/mol. The summed E-state index contributed by atoms with van der Waals surface area (Å²) in [6.07, 6.45) is 11.1. The van der Waals surface area contributed by atoms with E-state index in [0.29, 0.717) is 0 Å². The van der Waals surface area contributed by atoms with Crippen LogP contribution in [0, 0.1) is 23.7 Å². The van der Waals surface area contributed by atoms with Crippen molar-refractivity contribution in [1.82, 2.24) is 0 Å². The number of rotatable bonds is 12. The first kappa shape index (κ1) is 29.7. The molecule has 4 heteroatoms. The van der Waals surface area contributed by atoms with Crippen molar-refractivity contribution in [2.45, 2.75) is 79.1 Å². The molecule has 134 valence electrons. The summed E-state index contributed by atoms with van der Waals surface area (Å²) in [6.45, 7) is 24.5. The van der Waals surface area contributed by atoms with Crippen LogP contribution in [-0.2, 0) is 22.4 Å². The van der Waals surface area contributed by atoms with Crippen LogP contribution in [0.3, 0.4) is 0 Å². The minimum atomic E-state index is 0. The van der Waals surface area contributed by atoms with Gasteiger partial charge in [-0.25, -0.2) is 0 Å². The number of hydrogen-bond donors (Lipinski definition) is 0. The zero-order valence-electron chi connectivity index (χ0n) is 15.1. The molecule has 0 aliphatic carbocycles. The molecule has 0 saturated carbocycles. The molecule has 0 aromatic rings. The molecule has 0 rings (SSSR count). The Labute approximate surface area is 155 Å². The normalized spacial score (nSPS) is 9.45. The molecule has 0 radical (unpaired) electrons. The second-order valence-corrected chi connectivity index (χ2v) is 5.65. The van der Waals surface area contributed by atoms with E-state index in [-0.39, 0.29) is 22.4 Å². The van der Waals surface area contributed by atoms with Crippen molar-refractivity contribution < 1.29 is 26.9 Å². The minimum absolute atomic E-state index is 0. The number of unbranched alkanes of at least 4 members (excludes halogenated alkanes) is 4. The molecule has 0 unspecified atom stereocenters. The molecule has 0 fully saturated rings. The molecule has 0 atom stereocenters.